The standard InChI is InChI=1S/C7H11N3S/c1-11-5-6(8)7-9-3-2-4-10-7/h2-4,6H,5,8H2,1H3. The number of nitrogens with two attached hydrogens (primary N) is 1. The molecule has 1 atom stereocenters. The first kappa shape index (κ1) is 8.49. The van der Waals surface area contributed by atoms with Gasteiger partial charge in [-0.25, -0.2) is 9.97 Å². The molecule has 0 saturated carbocycles. The van der Waals surface area contributed by atoms with Gasteiger partial charge in [0.05, 0.1) is 6.04 Å². The summed E-state index contributed by atoms with van der Waals surface area (Å²) in [6, 6.07) is 1.75. The van der Waals surface area contributed by atoms with Crippen molar-refractivity contribution in [3.05, 3.63) is 24.3 Å². The van der Waals surface area contributed by atoms with E-state index in [0.717, 1.165) is 11.6 Å². The SMILES string of the molecule is CSCC(N)c1ncccn1. The third kappa shape index (κ3) is 2.48. The van der Waals surface area contributed by atoms with Gasteiger partial charge in [-0.15, -0.1) is 0 Å². The summed E-state index contributed by atoms with van der Waals surface area (Å²) in [7, 11) is 0. The van der Waals surface area contributed by atoms with Crippen molar-refractivity contribution in [1.29, 1.82) is 0 Å². The lowest BCUT2D eigenvalue weighted by Crippen LogP contribution is -2.15. The summed E-state index contributed by atoms with van der Waals surface area (Å²) in [4.78, 5) is 8.10. The molecule has 0 aliphatic rings. The van der Waals surface area contributed by atoms with Gasteiger partial charge in [-0.3, -0.25) is 0 Å². The molecule has 0 saturated heterocycles. The van der Waals surface area contributed by atoms with Gasteiger partial charge < -0.3 is 5.73 Å². The van der Waals surface area contributed by atoms with Crippen molar-refractivity contribution in [3.8, 4) is 0 Å². The Morgan fingerprint density at radius 1 is 1.55 bits per heavy atom. The van der Waals surface area contributed by atoms with Crippen LogP contribution < -0.4 is 5.73 Å². The van der Waals surface area contributed by atoms with Gasteiger partial charge in [0.25, 0.3) is 0 Å². The fourth-order valence-electron chi connectivity index (χ4n) is 0.756. The topological polar surface area (TPSA) is 51.8 Å². The molecular weight excluding hydrogens is 158 g/mol. The summed E-state index contributed by atoms with van der Waals surface area (Å²) in [5.74, 6) is 1.59. The van der Waals surface area contributed by atoms with Gasteiger partial charge in [-0.05, 0) is 12.3 Å². The van der Waals surface area contributed by atoms with Crippen molar-refractivity contribution < 1.29 is 0 Å². The van der Waals surface area contributed by atoms with Crippen molar-refractivity contribution in [2.24, 2.45) is 5.73 Å². The zero-order chi connectivity index (χ0) is 8.10. The molecule has 3 nitrogen and oxygen atoms in total. The van der Waals surface area contributed by atoms with E-state index in [1.807, 2.05) is 6.26 Å². The summed E-state index contributed by atoms with van der Waals surface area (Å²) in [5, 5.41) is 0. The fourth-order valence-corrected chi connectivity index (χ4v) is 1.26. The molecule has 0 amide bonds. The van der Waals surface area contributed by atoms with Gasteiger partial charge in [-0.1, -0.05) is 0 Å². The molecule has 1 heterocycles. The molecule has 0 spiro atoms. The van der Waals surface area contributed by atoms with E-state index in [1.54, 1.807) is 30.2 Å². The van der Waals surface area contributed by atoms with E-state index in [1.165, 1.54) is 0 Å². The Hall–Kier alpha value is -0.610. The molecule has 0 radical (unpaired) electrons. The van der Waals surface area contributed by atoms with Gasteiger partial charge in [-0.2, -0.15) is 11.8 Å². The van der Waals surface area contributed by atoms with Gasteiger partial charge in [0.15, 0.2) is 0 Å². The molecule has 4 heteroatoms. The minimum atomic E-state index is -0.0359. The largest absolute Gasteiger partial charge is 0.321 e. The number of thioether (sulfide) groups is 1. The Bertz CT molecular complexity index is 202. The van der Waals surface area contributed by atoms with Crippen LogP contribution in [0, 0.1) is 0 Å². The van der Waals surface area contributed by atoms with E-state index in [2.05, 4.69) is 9.97 Å². The van der Waals surface area contributed by atoms with Gasteiger partial charge >= 0.3 is 0 Å². The average Bonchev–Trinajstić information content (AvgIpc) is 2.07. The molecule has 0 aliphatic carbocycles. The molecule has 11 heavy (non-hydrogen) atoms. The molecule has 60 valence electrons. The van der Waals surface area contributed by atoms with E-state index in [-0.39, 0.29) is 6.04 Å². The predicted molar refractivity (Wildman–Crippen MR) is 47.3 cm³/mol. The van der Waals surface area contributed by atoms with Crippen LogP contribution in [0.3, 0.4) is 0 Å². The minimum Gasteiger partial charge on any atom is -0.321 e. The van der Waals surface area contributed by atoms with Gasteiger partial charge in [0.2, 0.25) is 0 Å². The lowest BCUT2D eigenvalue weighted by Gasteiger charge is -2.06. The zero-order valence-corrected chi connectivity index (χ0v) is 7.21. The molecule has 1 aromatic rings. The van der Waals surface area contributed by atoms with Crippen LogP contribution in [0.1, 0.15) is 11.9 Å². The Kier molecular flexibility index (Phi) is 3.32. The average molecular weight is 169 g/mol. The maximum Gasteiger partial charge on any atom is 0.145 e. The Morgan fingerprint density at radius 2 is 2.18 bits per heavy atom. The highest BCUT2D eigenvalue weighted by atomic mass is 32.2. The first-order valence-electron chi connectivity index (χ1n) is 3.36. The van der Waals surface area contributed by atoms with Crippen LogP contribution in [0.5, 0.6) is 0 Å². The van der Waals surface area contributed by atoms with Crippen LogP contribution in [0.15, 0.2) is 18.5 Å². The molecule has 1 rings (SSSR count). The number of rotatable bonds is 3. The molecular formula is C7H11N3S. The van der Waals surface area contributed by atoms with E-state index in [4.69, 9.17) is 5.73 Å². The van der Waals surface area contributed by atoms with E-state index >= 15 is 0 Å². The molecule has 0 bridgehead atoms. The second-order valence-corrected chi connectivity index (χ2v) is 3.08. The third-order valence-electron chi connectivity index (χ3n) is 1.26. The third-order valence-corrected chi connectivity index (χ3v) is 1.96. The number of aromatic nitrogens is 2. The lowest BCUT2D eigenvalue weighted by atomic mass is 10.3. The zero-order valence-electron chi connectivity index (χ0n) is 6.40. The smallest absolute Gasteiger partial charge is 0.145 e. The minimum absolute atomic E-state index is 0.0359. The Balaban J connectivity index is 2.61. The summed E-state index contributed by atoms with van der Waals surface area (Å²) >= 11 is 1.70. The van der Waals surface area contributed by atoms with Crippen molar-refractivity contribution in [2.75, 3.05) is 12.0 Å². The van der Waals surface area contributed by atoms with E-state index < -0.39 is 0 Å². The lowest BCUT2D eigenvalue weighted by molar-refractivity contribution is 0.750. The Labute approximate surface area is 70.4 Å². The maximum absolute atomic E-state index is 5.76. The monoisotopic (exact) mass is 169 g/mol. The predicted octanol–water partition coefficient (Wildman–Crippen LogP) is 0.839. The molecule has 2 N–H and O–H groups in total. The van der Waals surface area contributed by atoms with Gasteiger partial charge in [0.1, 0.15) is 5.82 Å². The Morgan fingerprint density at radius 3 is 2.73 bits per heavy atom. The fraction of sp³-hybridized carbons (Fsp3) is 0.429. The van der Waals surface area contributed by atoms with Crippen LogP contribution in [0.25, 0.3) is 0 Å². The highest BCUT2D eigenvalue weighted by Gasteiger charge is 2.05. The first-order valence-corrected chi connectivity index (χ1v) is 4.75. The maximum atomic E-state index is 5.76. The summed E-state index contributed by atoms with van der Waals surface area (Å²) in [6.45, 7) is 0. The molecule has 0 aliphatic heterocycles. The number of hydrogen-bond donors (Lipinski definition) is 1. The van der Waals surface area contributed by atoms with Crippen molar-refractivity contribution in [3.63, 3.8) is 0 Å². The van der Waals surface area contributed by atoms with Crippen LogP contribution >= 0.6 is 11.8 Å². The highest BCUT2D eigenvalue weighted by Crippen LogP contribution is 2.07. The van der Waals surface area contributed by atoms with Crippen LogP contribution in [0.2, 0.25) is 0 Å². The molecule has 0 fully saturated rings. The first-order chi connectivity index (χ1) is 5.34. The normalized spacial score (nSPS) is 12.9. The summed E-state index contributed by atoms with van der Waals surface area (Å²) in [5.41, 5.74) is 5.76. The van der Waals surface area contributed by atoms with Crippen LogP contribution in [0.4, 0.5) is 0 Å². The molecule has 0 aromatic carbocycles. The number of hydrogen-bond acceptors (Lipinski definition) is 4. The summed E-state index contributed by atoms with van der Waals surface area (Å²) in [6.07, 6.45) is 5.44. The quantitative estimate of drug-likeness (QED) is 0.728. The van der Waals surface area contributed by atoms with E-state index in [0.29, 0.717) is 0 Å². The second kappa shape index (κ2) is 4.31. The second-order valence-electron chi connectivity index (χ2n) is 2.17. The van der Waals surface area contributed by atoms with Crippen molar-refractivity contribution in [1.82, 2.24) is 9.97 Å². The van der Waals surface area contributed by atoms with Gasteiger partial charge in [0, 0.05) is 18.1 Å². The molecule has 1 aromatic heterocycles. The van der Waals surface area contributed by atoms with Crippen molar-refractivity contribution in [2.45, 2.75) is 6.04 Å². The van der Waals surface area contributed by atoms with Crippen LogP contribution in [-0.4, -0.2) is 22.0 Å². The summed E-state index contributed by atoms with van der Waals surface area (Å²) < 4.78 is 0. The highest BCUT2D eigenvalue weighted by molar-refractivity contribution is 7.98. The molecule has 1 unspecified atom stereocenters. The number of nitrogens with zero attached hydrogens (tertiary/aromatic N) is 2. The van der Waals surface area contributed by atoms with Crippen LogP contribution in [-0.2, 0) is 0 Å². The van der Waals surface area contributed by atoms with Crippen molar-refractivity contribution >= 4 is 11.8 Å². The van der Waals surface area contributed by atoms with E-state index in [9.17, 15) is 0 Å².